The molecule has 0 aliphatic heterocycles. The van der Waals surface area contributed by atoms with E-state index in [0.717, 1.165) is 16.3 Å². The number of anilines is 1. The first-order chi connectivity index (χ1) is 6.32. The van der Waals surface area contributed by atoms with Gasteiger partial charge in [-0.15, -0.1) is 0 Å². The molecule has 1 rings (SSSR count). The zero-order valence-corrected chi connectivity index (χ0v) is 10.3. The highest BCUT2D eigenvalue weighted by molar-refractivity contribution is 6.31. The van der Waals surface area contributed by atoms with Crippen molar-refractivity contribution < 1.29 is 0 Å². The third kappa shape index (κ3) is 2.42. The van der Waals surface area contributed by atoms with Crippen LogP contribution in [0.4, 0.5) is 5.69 Å². The average Bonchev–Trinajstić information content (AvgIpc) is 2.07. The van der Waals surface area contributed by atoms with Crippen LogP contribution in [0, 0.1) is 6.92 Å². The average molecular weight is 212 g/mol. The lowest BCUT2D eigenvalue weighted by Gasteiger charge is -2.34. The van der Waals surface area contributed by atoms with Gasteiger partial charge in [-0.1, -0.05) is 17.7 Å². The number of rotatable bonds is 1. The van der Waals surface area contributed by atoms with E-state index in [-0.39, 0.29) is 5.54 Å². The number of halogens is 1. The van der Waals surface area contributed by atoms with E-state index in [1.165, 1.54) is 0 Å². The van der Waals surface area contributed by atoms with Gasteiger partial charge in [-0.3, -0.25) is 0 Å². The van der Waals surface area contributed by atoms with Crippen molar-refractivity contribution in [3.05, 3.63) is 28.8 Å². The van der Waals surface area contributed by atoms with Crippen LogP contribution in [0.2, 0.25) is 5.02 Å². The van der Waals surface area contributed by atoms with E-state index in [4.69, 9.17) is 11.6 Å². The summed E-state index contributed by atoms with van der Waals surface area (Å²) in [4.78, 5) is 2.22. The van der Waals surface area contributed by atoms with E-state index in [2.05, 4.69) is 44.9 Å². The number of nitrogens with zero attached hydrogens (tertiary/aromatic N) is 1. The van der Waals surface area contributed by atoms with Crippen molar-refractivity contribution in [3.8, 4) is 0 Å². The Labute approximate surface area is 91.7 Å². The van der Waals surface area contributed by atoms with E-state index in [1.54, 1.807) is 0 Å². The van der Waals surface area contributed by atoms with Crippen molar-refractivity contribution in [2.45, 2.75) is 33.2 Å². The molecule has 78 valence electrons. The van der Waals surface area contributed by atoms with Crippen LogP contribution in [0.15, 0.2) is 18.2 Å². The van der Waals surface area contributed by atoms with Gasteiger partial charge in [-0.25, -0.2) is 0 Å². The Kier molecular flexibility index (Phi) is 3.10. The second-order valence-corrected chi connectivity index (χ2v) is 5.07. The molecule has 14 heavy (non-hydrogen) atoms. The molecule has 0 radical (unpaired) electrons. The molecule has 0 aliphatic rings. The van der Waals surface area contributed by atoms with E-state index in [1.807, 2.05) is 13.0 Å². The summed E-state index contributed by atoms with van der Waals surface area (Å²) in [6.07, 6.45) is 0. The first-order valence-electron chi connectivity index (χ1n) is 4.82. The van der Waals surface area contributed by atoms with Crippen LogP contribution in [0.1, 0.15) is 26.3 Å². The summed E-state index contributed by atoms with van der Waals surface area (Å²) in [5, 5.41) is 0.832. The molecule has 0 N–H and O–H groups in total. The summed E-state index contributed by atoms with van der Waals surface area (Å²) in [7, 11) is 2.08. The number of benzene rings is 1. The lowest BCUT2D eigenvalue weighted by molar-refractivity contribution is 0.539. The van der Waals surface area contributed by atoms with Crippen LogP contribution in [0.5, 0.6) is 0 Å². The molecule has 1 aromatic carbocycles. The Morgan fingerprint density at radius 2 is 1.79 bits per heavy atom. The molecule has 0 bridgehead atoms. The SMILES string of the molecule is Cc1ccc(N(C)C(C)(C)C)cc1Cl. The molecule has 1 nitrogen and oxygen atoms in total. The quantitative estimate of drug-likeness (QED) is 0.682. The van der Waals surface area contributed by atoms with Crippen LogP contribution < -0.4 is 4.90 Å². The lowest BCUT2D eigenvalue weighted by atomic mass is 10.1. The van der Waals surface area contributed by atoms with Crippen molar-refractivity contribution in [1.29, 1.82) is 0 Å². The predicted molar refractivity (Wildman–Crippen MR) is 64.3 cm³/mol. The molecule has 0 fully saturated rings. The number of hydrogen-bond donors (Lipinski definition) is 0. The number of hydrogen-bond acceptors (Lipinski definition) is 1. The predicted octanol–water partition coefficient (Wildman–Crippen LogP) is 3.88. The zero-order valence-electron chi connectivity index (χ0n) is 9.56. The van der Waals surface area contributed by atoms with Crippen molar-refractivity contribution >= 4 is 17.3 Å². The molecular weight excluding hydrogens is 194 g/mol. The molecule has 0 spiro atoms. The minimum absolute atomic E-state index is 0.124. The minimum atomic E-state index is 0.124. The maximum Gasteiger partial charge on any atom is 0.0455 e. The van der Waals surface area contributed by atoms with E-state index < -0.39 is 0 Å². The van der Waals surface area contributed by atoms with Crippen molar-refractivity contribution in [2.75, 3.05) is 11.9 Å². The molecule has 0 saturated heterocycles. The summed E-state index contributed by atoms with van der Waals surface area (Å²) in [6, 6.07) is 6.18. The molecule has 2 heteroatoms. The summed E-state index contributed by atoms with van der Waals surface area (Å²) < 4.78 is 0. The van der Waals surface area contributed by atoms with Gasteiger partial charge in [0.05, 0.1) is 0 Å². The number of aryl methyl sites for hydroxylation is 1. The maximum atomic E-state index is 6.08. The highest BCUT2D eigenvalue weighted by Crippen LogP contribution is 2.26. The molecule has 0 aromatic heterocycles. The first kappa shape index (κ1) is 11.4. The molecule has 0 saturated carbocycles. The zero-order chi connectivity index (χ0) is 10.9. The Morgan fingerprint density at radius 3 is 2.21 bits per heavy atom. The summed E-state index contributed by atoms with van der Waals surface area (Å²) in [6.45, 7) is 8.56. The van der Waals surface area contributed by atoms with E-state index in [9.17, 15) is 0 Å². The Balaban J connectivity index is 3.03. The van der Waals surface area contributed by atoms with Gasteiger partial charge in [0.1, 0.15) is 0 Å². The van der Waals surface area contributed by atoms with Crippen LogP contribution in [-0.2, 0) is 0 Å². The second kappa shape index (κ2) is 3.82. The van der Waals surface area contributed by atoms with Crippen LogP contribution >= 0.6 is 11.6 Å². The van der Waals surface area contributed by atoms with Crippen molar-refractivity contribution in [1.82, 2.24) is 0 Å². The van der Waals surface area contributed by atoms with Gasteiger partial charge in [0.25, 0.3) is 0 Å². The molecular formula is C12H18ClN. The largest absolute Gasteiger partial charge is 0.370 e. The summed E-state index contributed by atoms with van der Waals surface area (Å²) >= 11 is 6.08. The Bertz CT molecular complexity index is 326. The fourth-order valence-electron chi connectivity index (χ4n) is 1.18. The van der Waals surface area contributed by atoms with Gasteiger partial charge in [0.2, 0.25) is 0 Å². The van der Waals surface area contributed by atoms with Crippen LogP contribution in [-0.4, -0.2) is 12.6 Å². The molecule has 0 amide bonds. The Morgan fingerprint density at radius 1 is 1.21 bits per heavy atom. The lowest BCUT2D eigenvalue weighted by Crippen LogP contribution is -2.37. The monoisotopic (exact) mass is 211 g/mol. The third-order valence-electron chi connectivity index (χ3n) is 2.55. The fourth-order valence-corrected chi connectivity index (χ4v) is 1.35. The van der Waals surface area contributed by atoms with Gasteiger partial charge in [-0.2, -0.15) is 0 Å². The molecule has 0 aliphatic carbocycles. The normalized spacial score (nSPS) is 11.6. The summed E-state index contributed by atoms with van der Waals surface area (Å²) in [5.41, 5.74) is 2.41. The van der Waals surface area contributed by atoms with Gasteiger partial charge in [0, 0.05) is 23.3 Å². The van der Waals surface area contributed by atoms with E-state index in [0.29, 0.717) is 0 Å². The van der Waals surface area contributed by atoms with Gasteiger partial charge in [0.15, 0.2) is 0 Å². The summed E-state index contributed by atoms with van der Waals surface area (Å²) in [5.74, 6) is 0. The van der Waals surface area contributed by atoms with Crippen molar-refractivity contribution in [3.63, 3.8) is 0 Å². The van der Waals surface area contributed by atoms with E-state index >= 15 is 0 Å². The maximum absolute atomic E-state index is 6.08. The molecule has 1 aromatic rings. The molecule has 0 unspecified atom stereocenters. The highest BCUT2D eigenvalue weighted by Gasteiger charge is 2.17. The van der Waals surface area contributed by atoms with Gasteiger partial charge in [-0.05, 0) is 45.4 Å². The smallest absolute Gasteiger partial charge is 0.0455 e. The molecule has 0 atom stereocenters. The van der Waals surface area contributed by atoms with Gasteiger partial charge < -0.3 is 4.90 Å². The van der Waals surface area contributed by atoms with Crippen LogP contribution in [0.3, 0.4) is 0 Å². The second-order valence-electron chi connectivity index (χ2n) is 4.66. The molecule has 0 heterocycles. The Hall–Kier alpha value is -0.690. The standard InChI is InChI=1S/C12H18ClN/c1-9-6-7-10(8-11(9)13)14(5)12(2,3)4/h6-8H,1-5H3. The third-order valence-corrected chi connectivity index (χ3v) is 2.96. The highest BCUT2D eigenvalue weighted by atomic mass is 35.5. The van der Waals surface area contributed by atoms with Crippen LogP contribution in [0.25, 0.3) is 0 Å². The van der Waals surface area contributed by atoms with Crippen molar-refractivity contribution in [2.24, 2.45) is 0 Å². The minimum Gasteiger partial charge on any atom is -0.370 e. The van der Waals surface area contributed by atoms with Gasteiger partial charge >= 0.3 is 0 Å². The fraction of sp³-hybridized carbons (Fsp3) is 0.500. The first-order valence-corrected chi connectivity index (χ1v) is 5.20. The topological polar surface area (TPSA) is 3.24 Å².